The van der Waals surface area contributed by atoms with Crippen LogP contribution in [-0.2, 0) is 9.53 Å². The number of carbonyl (C=O) groups is 1. The van der Waals surface area contributed by atoms with Crippen LogP contribution in [0, 0.1) is 6.92 Å². The van der Waals surface area contributed by atoms with E-state index in [1.165, 1.54) is 13.2 Å². The van der Waals surface area contributed by atoms with E-state index in [-0.39, 0.29) is 0 Å². The number of benzene rings is 1. The predicted octanol–water partition coefficient (Wildman–Crippen LogP) is 1.85. The molecule has 14 heavy (non-hydrogen) atoms. The lowest BCUT2D eigenvalue weighted by Crippen LogP contribution is -2.13. The molecule has 1 atom stereocenters. The lowest BCUT2D eigenvalue weighted by atomic mass is 10.1. The molecule has 1 aromatic rings. The summed E-state index contributed by atoms with van der Waals surface area (Å²) in [5.74, 6) is -0.688. The standard InChI is InChI=1S/C10H11ClO3/c1-6-3-7(5-8(11)4-6)9(12)10(13)14-2/h3-5,9,12H,1-2H3. The quantitative estimate of drug-likeness (QED) is 0.765. The Morgan fingerprint density at radius 3 is 2.64 bits per heavy atom. The summed E-state index contributed by atoms with van der Waals surface area (Å²) in [6.07, 6.45) is -1.27. The highest BCUT2D eigenvalue weighted by atomic mass is 35.5. The molecule has 0 aromatic heterocycles. The van der Waals surface area contributed by atoms with Gasteiger partial charge in [-0.15, -0.1) is 0 Å². The molecular weight excluding hydrogens is 204 g/mol. The highest BCUT2D eigenvalue weighted by Crippen LogP contribution is 2.20. The highest BCUT2D eigenvalue weighted by Gasteiger charge is 2.18. The van der Waals surface area contributed by atoms with Crippen LogP contribution in [0.5, 0.6) is 0 Å². The van der Waals surface area contributed by atoms with Crippen molar-refractivity contribution >= 4 is 17.6 Å². The Kier molecular flexibility index (Phi) is 3.49. The average Bonchev–Trinajstić information content (AvgIpc) is 2.14. The Hall–Kier alpha value is -1.06. The molecular formula is C10H11ClO3. The third-order valence-electron chi connectivity index (χ3n) is 1.80. The van der Waals surface area contributed by atoms with Gasteiger partial charge in [0.25, 0.3) is 0 Å². The van der Waals surface area contributed by atoms with Gasteiger partial charge >= 0.3 is 5.97 Å². The monoisotopic (exact) mass is 214 g/mol. The third kappa shape index (κ3) is 2.47. The van der Waals surface area contributed by atoms with Gasteiger partial charge in [-0.1, -0.05) is 17.7 Å². The van der Waals surface area contributed by atoms with E-state index in [0.29, 0.717) is 10.6 Å². The minimum atomic E-state index is -1.27. The topological polar surface area (TPSA) is 46.5 Å². The van der Waals surface area contributed by atoms with Crippen LogP contribution in [0.25, 0.3) is 0 Å². The highest BCUT2D eigenvalue weighted by molar-refractivity contribution is 6.30. The van der Waals surface area contributed by atoms with Crippen LogP contribution in [0.1, 0.15) is 17.2 Å². The first-order chi connectivity index (χ1) is 6.54. The smallest absolute Gasteiger partial charge is 0.339 e. The molecule has 0 amide bonds. The summed E-state index contributed by atoms with van der Waals surface area (Å²) < 4.78 is 4.41. The van der Waals surface area contributed by atoms with Gasteiger partial charge in [0, 0.05) is 5.02 Å². The van der Waals surface area contributed by atoms with Crippen molar-refractivity contribution in [2.24, 2.45) is 0 Å². The second kappa shape index (κ2) is 4.44. The molecule has 0 heterocycles. The molecule has 1 unspecified atom stereocenters. The van der Waals surface area contributed by atoms with Crippen LogP contribution < -0.4 is 0 Å². The average molecular weight is 215 g/mol. The van der Waals surface area contributed by atoms with E-state index in [0.717, 1.165) is 5.56 Å². The van der Waals surface area contributed by atoms with Gasteiger partial charge in [-0.3, -0.25) is 0 Å². The second-order valence-corrected chi connectivity index (χ2v) is 3.42. The molecule has 0 aliphatic rings. The molecule has 3 nitrogen and oxygen atoms in total. The van der Waals surface area contributed by atoms with Crippen molar-refractivity contribution in [3.8, 4) is 0 Å². The van der Waals surface area contributed by atoms with E-state index >= 15 is 0 Å². The maximum atomic E-state index is 11.0. The molecule has 76 valence electrons. The molecule has 1 N–H and O–H groups in total. The van der Waals surface area contributed by atoms with Gasteiger partial charge in [-0.25, -0.2) is 4.79 Å². The first-order valence-corrected chi connectivity index (χ1v) is 4.45. The van der Waals surface area contributed by atoms with Gasteiger partial charge < -0.3 is 9.84 Å². The van der Waals surface area contributed by atoms with Crippen molar-refractivity contribution in [1.29, 1.82) is 0 Å². The molecule has 1 aromatic carbocycles. The van der Waals surface area contributed by atoms with Crippen molar-refractivity contribution in [1.82, 2.24) is 0 Å². The van der Waals surface area contributed by atoms with Gasteiger partial charge in [0.1, 0.15) is 0 Å². The second-order valence-electron chi connectivity index (χ2n) is 2.99. The van der Waals surface area contributed by atoms with Gasteiger partial charge in [0.05, 0.1) is 7.11 Å². The molecule has 0 radical (unpaired) electrons. The lowest BCUT2D eigenvalue weighted by Gasteiger charge is -2.09. The molecule has 4 heteroatoms. The molecule has 0 spiro atoms. The Morgan fingerprint density at radius 2 is 2.14 bits per heavy atom. The zero-order chi connectivity index (χ0) is 10.7. The van der Waals surface area contributed by atoms with Gasteiger partial charge in [0.2, 0.25) is 0 Å². The summed E-state index contributed by atoms with van der Waals surface area (Å²) in [5.41, 5.74) is 1.33. The third-order valence-corrected chi connectivity index (χ3v) is 2.02. The van der Waals surface area contributed by atoms with E-state index < -0.39 is 12.1 Å². The summed E-state index contributed by atoms with van der Waals surface area (Å²) in [7, 11) is 1.23. The SMILES string of the molecule is COC(=O)C(O)c1cc(C)cc(Cl)c1. The van der Waals surface area contributed by atoms with E-state index in [1.54, 1.807) is 12.1 Å². The van der Waals surface area contributed by atoms with Crippen molar-refractivity contribution in [3.63, 3.8) is 0 Å². The molecule has 1 rings (SSSR count). The lowest BCUT2D eigenvalue weighted by molar-refractivity contribution is -0.150. The summed E-state index contributed by atoms with van der Waals surface area (Å²) in [6.45, 7) is 1.83. The van der Waals surface area contributed by atoms with Gasteiger partial charge in [-0.2, -0.15) is 0 Å². The fourth-order valence-electron chi connectivity index (χ4n) is 1.17. The number of halogens is 1. The Balaban J connectivity index is 3.00. The molecule has 0 saturated heterocycles. The number of aliphatic hydroxyl groups is 1. The van der Waals surface area contributed by atoms with E-state index in [9.17, 15) is 9.90 Å². The summed E-state index contributed by atoms with van der Waals surface area (Å²) in [5, 5.41) is 9.99. The summed E-state index contributed by atoms with van der Waals surface area (Å²) in [6, 6.07) is 4.97. The fourth-order valence-corrected chi connectivity index (χ4v) is 1.47. The summed E-state index contributed by atoms with van der Waals surface area (Å²) in [4.78, 5) is 11.0. The maximum Gasteiger partial charge on any atom is 0.339 e. The zero-order valence-corrected chi connectivity index (χ0v) is 8.71. The summed E-state index contributed by atoms with van der Waals surface area (Å²) >= 11 is 5.78. The fraction of sp³-hybridized carbons (Fsp3) is 0.300. The number of methoxy groups -OCH3 is 1. The number of aryl methyl sites for hydroxylation is 1. The van der Waals surface area contributed by atoms with Crippen LogP contribution in [0.3, 0.4) is 0 Å². The first kappa shape index (κ1) is 11.0. The van der Waals surface area contributed by atoms with Crippen LogP contribution in [0.15, 0.2) is 18.2 Å². The molecule has 0 bridgehead atoms. The van der Waals surface area contributed by atoms with Crippen LogP contribution in [-0.4, -0.2) is 18.2 Å². The predicted molar refractivity (Wildman–Crippen MR) is 53.2 cm³/mol. The number of carbonyl (C=O) groups excluding carboxylic acids is 1. The van der Waals surface area contributed by atoms with Crippen molar-refractivity contribution in [2.75, 3.05) is 7.11 Å². The number of hydrogen-bond acceptors (Lipinski definition) is 3. The largest absolute Gasteiger partial charge is 0.467 e. The van der Waals surface area contributed by atoms with Crippen LogP contribution in [0.4, 0.5) is 0 Å². The zero-order valence-electron chi connectivity index (χ0n) is 7.95. The van der Waals surface area contributed by atoms with Crippen molar-refractivity contribution in [3.05, 3.63) is 34.3 Å². The molecule has 0 saturated carbocycles. The number of esters is 1. The normalized spacial score (nSPS) is 12.3. The number of hydrogen-bond donors (Lipinski definition) is 1. The minimum absolute atomic E-state index is 0.446. The molecule has 0 fully saturated rings. The first-order valence-electron chi connectivity index (χ1n) is 4.07. The Labute approximate surface area is 87.3 Å². The van der Waals surface area contributed by atoms with Gasteiger partial charge in [-0.05, 0) is 30.2 Å². The Morgan fingerprint density at radius 1 is 1.50 bits per heavy atom. The van der Waals surface area contributed by atoms with E-state index in [4.69, 9.17) is 11.6 Å². The van der Waals surface area contributed by atoms with Crippen molar-refractivity contribution in [2.45, 2.75) is 13.0 Å². The number of aliphatic hydroxyl groups excluding tert-OH is 1. The van der Waals surface area contributed by atoms with Crippen LogP contribution in [0.2, 0.25) is 5.02 Å². The molecule has 0 aliphatic heterocycles. The van der Waals surface area contributed by atoms with Crippen LogP contribution >= 0.6 is 11.6 Å². The van der Waals surface area contributed by atoms with Gasteiger partial charge in [0.15, 0.2) is 6.10 Å². The Bertz CT molecular complexity index is 329. The van der Waals surface area contributed by atoms with Crippen molar-refractivity contribution < 1.29 is 14.6 Å². The van der Waals surface area contributed by atoms with E-state index in [2.05, 4.69) is 4.74 Å². The van der Waals surface area contributed by atoms with E-state index in [1.807, 2.05) is 6.92 Å². The maximum absolute atomic E-state index is 11.0. The minimum Gasteiger partial charge on any atom is -0.467 e. The number of rotatable bonds is 2. The molecule has 0 aliphatic carbocycles. The number of ether oxygens (including phenoxy) is 1.